The highest BCUT2D eigenvalue weighted by atomic mass is 16.5. The van der Waals surface area contributed by atoms with Crippen LogP contribution in [0.15, 0.2) is 18.2 Å². The summed E-state index contributed by atoms with van der Waals surface area (Å²) in [5.41, 5.74) is 2.84. The topological polar surface area (TPSA) is 30.5 Å². The fourth-order valence-electron chi connectivity index (χ4n) is 2.65. The van der Waals surface area contributed by atoms with E-state index < -0.39 is 0 Å². The molecule has 0 aliphatic heterocycles. The van der Waals surface area contributed by atoms with Crippen molar-refractivity contribution in [2.24, 2.45) is 0 Å². The lowest BCUT2D eigenvalue weighted by Gasteiger charge is -2.22. The quantitative estimate of drug-likeness (QED) is 0.841. The summed E-state index contributed by atoms with van der Waals surface area (Å²) in [6, 6.07) is 7.27. The highest BCUT2D eigenvalue weighted by Gasteiger charge is 2.24. The zero-order valence-corrected chi connectivity index (χ0v) is 11.5. The minimum atomic E-state index is 0.428. The van der Waals surface area contributed by atoms with Crippen molar-refractivity contribution < 1.29 is 9.47 Å². The van der Waals surface area contributed by atoms with Gasteiger partial charge < -0.3 is 14.8 Å². The molecule has 3 heteroatoms. The Labute approximate surface area is 109 Å². The Morgan fingerprint density at radius 2 is 2.22 bits per heavy atom. The number of methoxy groups -OCH3 is 2. The maximum Gasteiger partial charge on any atom is 0.119 e. The van der Waals surface area contributed by atoms with Crippen LogP contribution in [0.2, 0.25) is 0 Å². The van der Waals surface area contributed by atoms with E-state index in [0.29, 0.717) is 12.1 Å². The van der Waals surface area contributed by atoms with Crippen LogP contribution in [-0.2, 0) is 11.2 Å². The van der Waals surface area contributed by atoms with E-state index >= 15 is 0 Å². The van der Waals surface area contributed by atoms with Gasteiger partial charge in [-0.25, -0.2) is 0 Å². The number of fused-ring (bicyclic) bond motifs is 1. The summed E-state index contributed by atoms with van der Waals surface area (Å²) in [5, 5.41) is 3.69. The van der Waals surface area contributed by atoms with Crippen LogP contribution in [0, 0.1) is 0 Å². The Kier molecular flexibility index (Phi) is 4.61. The van der Waals surface area contributed by atoms with Gasteiger partial charge in [-0.05, 0) is 42.5 Å². The van der Waals surface area contributed by atoms with Gasteiger partial charge in [0.2, 0.25) is 0 Å². The first-order valence-corrected chi connectivity index (χ1v) is 6.70. The molecule has 0 saturated heterocycles. The van der Waals surface area contributed by atoms with Crippen molar-refractivity contribution in [3.63, 3.8) is 0 Å². The number of rotatable bonds is 6. The summed E-state index contributed by atoms with van der Waals surface area (Å²) in [7, 11) is 3.48. The molecule has 0 heterocycles. The summed E-state index contributed by atoms with van der Waals surface area (Å²) in [6.07, 6.45) is 3.41. The molecule has 0 fully saturated rings. The molecule has 1 aliphatic rings. The maximum atomic E-state index is 5.31. The van der Waals surface area contributed by atoms with Crippen LogP contribution >= 0.6 is 0 Å². The van der Waals surface area contributed by atoms with Gasteiger partial charge >= 0.3 is 0 Å². The zero-order valence-electron chi connectivity index (χ0n) is 11.5. The molecule has 0 radical (unpaired) electrons. The smallest absolute Gasteiger partial charge is 0.119 e. The number of aryl methyl sites for hydroxylation is 1. The van der Waals surface area contributed by atoms with Gasteiger partial charge in [0.1, 0.15) is 5.75 Å². The van der Waals surface area contributed by atoms with Crippen LogP contribution in [0.1, 0.15) is 36.9 Å². The van der Waals surface area contributed by atoms with Crippen LogP contribution in [0.25, 0.3) is 0 Å². The largest absolute Gasteiger partial charge is 0.497 e. The Morgan fingerprint density at radius 1 is 1.39 bits per heavy atom. The first kappa shape index (κ1) is 13.4. The van der Waals surface area contributed by atoms with Gasteiger partial charge in [-0.1, -0.05) is 13.0 Å². The fraction of sp³-hybridized carbons (Fsp3) is 0.600. The van der Waals surface area contributed by atoms with Gasteiger partial charge in [-0.3, -0.25) is 0 Å². The molecule has 2 unspecified atom stereocenters. The third kappa shape index (κ3) is 2.85. The average Bonchev–Trinajstić information content (AvgIpc) is 2.80. The Hall–Kier alpha value is -1.06. The number of ether oxygens (including phenoxy) is 2. The third-order valence-electron chi connectivity index (χ3n) is 3.73. The molecule has 0 spiro atoms. The zero-order chi connectivity index (χ0) is 13.0. The van der Waals surface area contributed by atoms with Crippen molar-refractivity contribution in [1.82, 2.24) is 5.32 Å². The first-order chi connectivity index (χ1) is 8.78. The maximum absolute atomic E-state index is 5.31. The summed E-state index contributed by atoms with van der Waals surface area (Å²) in [6.45, 7) is 2.96. The minimum absolute atomic E-state index is 0.428. The fourth-order valence-corrected chi connectivity index (χ4v) is 2.65. The van der Waals surface area contributed by atoms with E-state index in [-0.39, 0.29) is 0 Å². The number of hydrogen-bond donors (Lipinski definition) is 1. The minimum Gasteiger partial charge on any atom is -0.497 e. The molecule has 0 bridgehead atoms. The summed E-state index contributed by atoms with van der Waals surface area (Å²) >= 11 is 0. The van der Waals surface area contributed by atoms with Crippen molar-refractivity contribution in [3.05, 3.63) is 29.3 Å². The monoisotopic (exact) mass is 249 g/mol. The van der Waals surface area contributed by atoms with Crippen LogP contribution in [0.3, 0.4) is 0 Å². The van der Waals surface area contributed by atoms with Crippen molar-refractivity contribution in [1.29, 1.82) is 0 Å². The van der Waals surface area contributed by atoms with Gasteiger partial charge in [0.15, 0.2) is 0 Å². The highest BCUT2D eigenvalue weighted by molar-refractivity contribution is 5.40. The summed E-state index contributed by atoms with van der Waals surface area (Å²) < 4.78 is 10.6. The van der Waals surface area contributed by atoms with Crippen molar-refractivity contribution in [2.75, 3.05) is 20.8 Å². The second kappa shape index (κ2) is 6.21. The molecule has 1 aromatic carbocycles. The van der Waals surface area contributed by atoms with Gasteiger partial charge in [-0.15, -0.1) is 0 Å². The van der Waals surface area contributed by atoms with Gasteiger partial charge in [0, 0.05) is 19.2 Å². The molecule has 1 aliphatic carbocycles. The number of benzene rings is 1. The van der Waals surface area contributed by atoms with E-state index in [9.17, 15) is 0 Å². The van der Waals surface area contributed by atoms with E-state index in [1.165, 1.54) is 17.5 Å². The van der Waals surface area contributed by atoms with Gasteiger partial charge in [0.25, 0.3) is 0 Å². The standard InChI is InChI=1S/C15H23NO2/c1-4-12(10-17-2)16-15-8-6-11-5-7-13(18-3)9-14(11)15/h5,7,9,12,15-16H,4,6,8,10H2,1-3H3. The van der Waals surface area contributed by atoms with E-state index in [2.05, 4.69) is 24.4 Å². The van der Waals surface area contributed by atoms with Gasteiger partial charge in [-0.2, -0.15) is 0 Å². The van der Waals surface area contributed by atoms with Crippen LogP contribution in [-0.4, -0.2) is 26.9 Å². The van der Waals surface area contributed by atoms with E-state index in [4.69, 9.17) is 9.47 Å². The highest BCUT2D eigenvalue weighted by Crippen LogP contribution is 2.34. The molecule has 0 amide bonds. The lowest BCUT2D eigenvalue weighted by atomic mass is 10.1. The van der Waals surface area contributed by atoms with Gasteiger partial charge in [0.05, 0.1) is 13.7 Å². The Morgan fingerprint density at radius 3 is 2.89 bits per heavy atom. The second-order valence-corrected chi connectivity index (χ2v) is 4.88. The molecular formula is C15H23NO2. The van der Waals surface area contributed by atoms with E-state index in [0.717, 1.165) is 25.2 Å². The molecular weight excluding hydrogens is 226 g/mol. The second-order valence-electron chi connectivity index (χ2n) is 4.88. The van der Waals surface area contributed by atoms with Crippen LogP contribution in [0.4, 0.5) is 0 Å². The lowest BCUT2D eigenvalue weighted by molar-refractivity contribution is 0.158. The predicted molar refractivity (Wildman–Crippen MR) is 73.1 cm³/mol. The lowest BCUT2D eigenvalue weighted by Crippen LogP contribution is -2.34. The van der Waals surface area contributed by atoms with Crippen molar-refractivity contribution >= 4 is 0 Å². The first-order valence-electron chi connectivity index (χ1n) is 6.70. The molecule has 2 rings (SSSR count). The third-order valence-corrected chi connectivity index (χ3v) is 3.73. The molecule has 1 aromatic rings. The number of hydrogen-bond acceptors (Lipinski definition) is 3. The molecule has 1 N–H and O–H groups in total. The molecule has 100 valence electrons. The van der Waals surface area contributed by atoms with Crippen molar-refractivity contribution in [2.45, 2.75) is 38.3 Å². The Bertz CT molecular complexity index is 392. The SMILES string of the molecule is CCC(COC)NC1CCc2ccc(OC)cc21. The predicted octanol–water partition coefficient (Wildman–Crippen LogP) is 2.70. The molecule has 0 saturated carbocycles. The van der Waals surface area contributed by atoms with E-state index in [1.807, 2.05) is 6.07 Å². The van der Waals surface area contributed by atoms with Crippen LogP contribution in [0.5, 0.6) is 5.75 Å². The van der Waals surface area contributed by atoms with Crippen LogP contribution < -0.4 is 10.1 Å². The number of nitrogens with one attached hydrogen (secondary N) is 1. The molecule has 2 atom stereocenters. The van der Waals surface area contributed by atoms with E-state index in [1.54, 1.807) is 14.2 Å². The summed E-state index contributed by atoms with van der Waals surface area (Å²) in [5.74, 6) is 0.947. The average molecular weight is 249 g/mol. The normalized spacial score (nSPS) is 19.6. The Balaban J connectivity index is 2.09. The van der Waals surface area contributed by atoms with Crippen molar-refractivity contribution in [3.8, 4) is 5.75 Å². The summed E-state index contributed by atoms with van der Waals surface area (Å²) in [4.78, 5) is 0. The molecule has 0 aromatic heterocycles. The molecule has 3 nitrogen and oxygen atoms in total. The molecule has 18 heavy (non-hydrogen) atoms.